The minimum Gasteiger partial charge on any atom is -0.283 e. The van der Waals surface area contributed by atoms with Crippen molar-refractivity contribution in [2.45, 2.75) is 57.6 Å². The third-order valence-electron chi connectivity index (χ3n) is 3.20. The molecule has 0 spiro atoms. The fraction of sp³-hybridized carbons (Fsp3) is 0.846. The highest BCUT2D eigenvalue weighted by molar-refractivity contribution is 14.1. The molecule has 1 atom stereocenters. The number of alkyl halides is 1. The molecule has 0 aromatic heterocycles. The molecule has 15 heavy (non-hydrogen) atoms. The first-order chi connectivity index (χ1) is 6.62. The number of nitrogens with zero attached hydrogens (tertiary/aromatic N) is 1. The van der Waals surface area contributed by atoms with Crippen molar-refractivity contribution in [1.82, 2.24) is 4.90 Å². The molecule has 0 aliphatic carbocycles. The standard InChI is InChI=1S/C13H24IN/c1-10-9-11(12(2,3)4)7-8-15(10)13(5,6)14/h9-10H,7-8H2,1-6H3/t10-/m0/s1. The van der Waals surface area contributed by atoms with E-state index in [-0.39, 0.29) is 3.55 Å². The van der Waals surface area contributed by atoms with E-state index in [1.165, 1.54) is 13.0 Å². The van der Waals surface area contributed by atoms with Gasteiger partial charge in [-0.1, -0.05) is 55.0 Å². The van der Waals surface area contributed by atoms with Crippen LogP contribution in [0.5, 0.6) is 0 Å². The molecule has 1 nitrogen and oxygen atoms in total. The van der Waals surface area contributed by atoms with Crippen molar-refractivity contribution in [2.24, 2.45) is 5.41 Å². The maximum atomic E-state index is 2.57. The summed E-state index contributed by atoms with van der Waals surface area (Å²) in [6.45, 7) is 15.0. The van der Waals surface area contributed by atoms with Crippen molar-refractivity contribution in [3.05, 3.63) is 11.6 Å². The van der Waals surface area contributed by atoms with Gasteiger partial charge < -0.3 is 0 Å². The molecule has 0 amide bonds. The third kappa shape index (κ3) is 3.45. The van der Waals surface area contributed by atoms with Crippen LogP contribution in [0.3, 0.4) is 0 Å². The van der Waals surface area contributed by atoms with Gasteiger partial charge in [0.25, 0.3) is 0 Å². The highest BCUT2D eigenvalue weighted by Gasteiger charge is 2.31. The average Bonchev–Trinajstić information content (AvgIpc) is 1.99. The molecule has 2 heteroatoms. The Bertz CT molecular complexity index is 255. The molecular weight excluding hydrogens is 297 g/mol. The van der Waals surface area contributed by atoms with E-state index in [1.807, 2.05) is 0 Å². The first-order valence-corrected chi connectivity index (χ1v) is 6.87. The van der Waals surface area contributed by atoms with Gasteiger partial charge in [-0.05, 0) is 32.6 Å². The van der Waals surface area contributed by atoms with Crippen LogP contribution in [0, 0.1) is 5.41 Å². The van der Waals surface area contributed by atoms with Crippen LogP contribution in [0.15, 0.2) is 11.6 Å². The van der Waals surface area contributed by atoms with E-state index in [2.05, 4.69) is 75.1 Å². The quantitative estimate of drug-likeness (QED) is 0.302. The van der Waals surface area contributed by atoms with Crippen molar-refractivity contribution in [1.29, 1.82) is 0 Å². The minimum absolute atomic E-state index is 0.261. The molecule has 0 saturated heterocycles. The van der Waals surface area contributed by atoms with Crippen LogP contribution >= 0.6 is 22.6 Å². The van der Waals surface area contributed by atoms with E-state index < -0.39 is 0 Å². The molecule has 0 unspecified atom stereocenters. The van der Waals surface area contributed by atoms with Crippen LogP contribution < -0.4 is 0 Å². The van der Waals surface area contributed by atoms with E-state index in [0.29, 0.717) is 11.5 Å². The first-order valence-electron chi connectivity index (χ1n) is 5.79. The van der Waals surface area contributed by atoms with Crippen molar-refractivity contribution in [2.75, 3.05) is 6.54 Å². The number of halogens is 1. The summed E-state index contributed by atoms with van der Waals surface area (Å²) in [7, 11) is 0. The van der Waals surface area contributed by atoms with Gasteiger partial charge in [-0.2, -0.15) is 0 Å². The molecule has 1 rings (SSSR count). The van der Waals surface area contributed by atoms with E-state index in [4.69, 9.17) is 0 Å². The monoisotopic (exact) mass is 321 g/mol. The molecule has 0 fully saturated rings. The summed E-state index contributed by atoms with van der Waals surface area (Å²) in [5, 5.41) is 0. The fourth-order valence-corrected chi connectivity index (χ4v) is 2.96. The highest BCUT2D eigenvalue weighted by Crippen LogP contribution is 2.35. The zero-order chi connectivity index (χ0) is 11.9. The number of hydrogen-bond acceptors (Lipinski definition) is 1. The highest BCUT2D eigenvalue weighted by atomic mass is 127. The summed E-state index contributed by atoms with van der Waals surface area (Å²) in [5.41, 5.74) is 1.96. The molecule has 1 aliphatic heterocycles. The molecule has 0 radical (unpaired) electrons. The van der Waals surface area contributed by atoms with E-state index in [9.17, 15) is 0 Å². The minimum atomic E-state index is 0.261. The third-order valence-corrected chi connectivity index (χ3v) is 3.82. The number of hydrogen-bond donors (Lipinski definition) is 0. The van der Waals surface area contributed by atoms with Crippen LogP contribution in [0.4, 0.5) is 0 Å². The maximum Gasteiger partial charge on any atom is 0.0678 e. The van der Waals surface area contributed by atoms with E-state index >= 15 is 0 Å². The Balaban J connectivity index is 2.83. The zero-order valence-corrected chi connectivity index (χ0v) is 13.1. The molecular formula is C13H24IN. The Kier molecular flexibility index (Phi) is 3.92. The van der Waals surface area contributed by atoms with Crippen LogP contribution in [0.2, 0.25) is 0 Å². The summed E-state index contributed by atoms with van der Waals surface area (Å²) in [6.07, 6.45) is 3.68. The van der Waals surface area contributed by atoms with Crippen LogP contribution in [0.1, 0.15) is 48.0 Å². The van der Waals surface area contributed by atoms with Gasteiger partial charge in [0.2, 0.25) is 0 Å². The Morgan fingerprint density at radius 2 is 1.80 bits per heavy atom. The SMILES string of the molecule is C[C@H]1C=C(C(C)(C)C)CCN1C(C)(C)I. The molecule has 1 heterocycles. The maximum absolute atomic E-state index is 2.57. The van der Waals surface area contributed by atoms with Gasteiger partial charge in [0.1, 0.15) is 0 Å². The second-order valence-electron chi connectivity index (χ2n) is 6.04. The smallest absolute Gasteiger partial charge is 0.0678 e. The van der Waals surface area contributed by atoms with Crippen molar-refractivity contribution >= 4 is 22.6 Å². The van der Waals surface area contributed by atoms with Gasteiger partial charge in [0.05, 0.1) is 3.55 Å². The Morgan fingerprint density at radius 1 is 1.27 bits per heavy atom. The van der Waals surface area contributed by atoms with Crippen molar-refractivity contribution < 1.29 is 0 Å². The molecule has 88 valence electrons. The first kappa shape index (κ1) is 13.5. The van der Waals surface area contributed by atoms with Crippen LogP contribution in [-0.2, 0) is 0 Å². The molecule has 0 bridgehead atoms. The Hall–Kier alpha value is 0.430. The lowest BCUT2D eigenvalue weighted by molar-refractivity contribution is 0.165. The topological polar surface area (TPSA) is 3.24 Å². The zero-order valence-electron chi connectivity index (χ0n) is 10.9. The van der Waals surface area contributed by atoms with Gasteiger partial charge in [-0.3, -0.25) is 4.90 Å². The Labute approximate surface area is 108 Å². The lowest BCUT2D eigenvalue weighted by Crippen LogP contribution is -2.47. The van der Waals surface area contributed by atoms with Crippen LogP contribution in [0.25, 0.3) is 0 Å². The Morgan fingerprint density at radius 3 is 2.13 bits per heavy atom. The second kappa shape index (κ2) is 4.36. The van der Waals surface area contributed by atoms with E-state index in [1.54, 1.807) is 5.57 Å². The van der Waals surface area contributed by atoms with Crippen molar-refractivity contribution in [3.8, 4) is 0 Å². The average molecular weight is 321 g/mol. The second-order valence-corrected chi connectivity index (χ2v) is 8.68. The fourth-order valence-electron chi connectivity index (χ4n) is 2.28. The molecule has 0 N–H and O–H groups in total. The summed E-state index contributed by atoms with van der Waals surface area (Å²) < 4.78 is 0.261. The lowest BCUT2D eigenvalue weighted by Gasteiger charge is -2.42. The normalized spacial score (nSPS) is 25.3. The van der Waals surface area contributed by atoms with Gasteiger partial charge in [0.15, 0.2) is 0 Å². The summed E-state index contributed by atoms with van der Waals surface area (Å²) in [4.78, 5) is 2.57. The molecule has 1 aliphatic rings. The summed E-state index contributed by atoms with van der Waals surface area (Å²) in [5.74, 6) is 0. The van der Waals surface area contributed by atoms with Gasteiger partial charge in [-0.15, -0.1) is 0 Å². The molecule has 0 aromatic carbocycles. The predicted molar refractivity (Wildman–Crippen MR) is 76.4 cm³/mol. The van der Waals surface area contributed by atoms with Gasteiger partial charge in [0, 0.05) is 12.6 Å². The number of rotatable bonds is 1. The van der Waals surface area contributed by atoms with Crippen LogP contribution in [-0.4, -0.2) is 21.0 Å². The van der Waals surface area contributed by atoms with Gasteiger partial charge in [-0.25, -0.2) is 0 Å². The predicted octanol–water partition coefficient (Wildman–Crippen LogP) is 4.22. The summed E-state index contributed by atoms with van der Waals surface area (Å²) in [6, 6.07) is 0.569. The summed E-state index contributed by atoms with van der Waals surface area (Å²) >= 11 is 2.54. The van der Waals surface area contributed by atoms with Crippen molar-refractivity contribution in [3.63, 3.8) is 0 Å². The largest absolute Gasteiger partial charge is 0.283 e. The lowest BCUT2D eigenvalue weighted by atomic mass is 9.81. The molecule has 0 aromatic rings. The molecule has 0 saturated carbocycles. The van der Waals surface area contributed by atoms with Gasteiger partial charge >= 0.3 is 0 Å². The van der Waals surface area contributed by atoms with E-state index in [0.717, 1.165) is 0 Å².